The number of nitrogens with zero attached hydrogens (tertiary/aromatic N) is 2. The summed E-state index contributed by atoms with van der Waals surface area (Å²) in [6.45, 7) is 10.8. The van der Waals surface area contributed by atoms with Crippen LogP contribution >= 0.6 is 12.2 Å². The van der Waals surface area contributed by atoms with E-state index in [9.17, 15) is 14.9 Å². The highest BCUT2D eigenvalue weighted by Gasteiger charge is 2.54. The Labute approximate surface area is 178 Å². The average Bonchev–Trinajstić information content (AvgIpc) is 3.00. The molecule has 2 N–H and O–H groups in total. The molecule has 1 aromatic carbocycles. The summed E-state index contributed by atoms with van der Waals surface area (Å²) < 4.78 is 11.7. The van der Waals surface area contributed by atoms with Crippen molar-refractivity contribution in [3.05, 3.63) is 39.9 Å². The van der Waals surface area contributed by atoms with Crippen LogP contribution in [0.2, 0.25) is 13.1 Å². The minimum Gasteiger partial charge on any atom is -0.444 e. The van der Waals surface area contributed by atoms with E-state index in [1.54, 1.807) is 12.1 Å². The fourth-order valence-electron chi connectivity index (χ4n) is 3.41. The lowest BCUT2D eigenvalue weighted by atomic mass is 9.79. The first-order valence-electron chi connectivity index (χ1n) is 9.52. The second kappa shape index (κ2) is 8.76. The number of likely N-dealkylation sites (tertiary alicyclic amines) is 1. The molecule has 8 nitrogen and oxygen atoms in total. The summed E-state index contributed by atoms with van der Waals surface area (Å²) in [7, 11) is -1.58. The van der Waals surface area contributed by atoms with Crippen LogP contribution in [-0.4, -0.2) is 42.2 Å². The maximum absolute atomic E-state index is 13.0. The highest BCUT2D eigenvalue weighted by Crippen LogP contribution is 2.43. The third-order valence-electron chi connectivity index (χ3n) is 5.13. The van der Waals surface area contributed by atoms with Crippen molar-refractivity contribution in [2.45, 2.75) is 52.6 Å². The summed E-state index contributed by atoms with van der Waals surface area (Å²) in [5, 5.41) is 10.8. The molecule has 1 aliphatic heterocycles. The average molecular weight is 440 g/mol. The van der Waals surface area contributed by atoms with Crippen molar-refractivity contribution in [3.8, 4) is 0 Å². The Hall–Kier alpha value is -2.04. The van der Waals surface area contributed by atoms with Gasteiger partial charge >= 0.3 is 6.09 Å². The maximum atomic E-state index is 13.0. The number of thiocarbonyl (C=S) groups is 1. The molecular weight excluding hydrogens is 410 g/mol. The van der Waals surface area contributed by atoms with Crippen molar-refractivity contribution in [1.82, 2.24) is 4.90 Å². The predicted molar refractivity (Wildman–Crippen MR) is 117 cm³/mol. The number of nitro groups is 1. The van der Waals surface area contributed by atoms with Gasteiger partial charge in [0.05, 0.1) is 4.92 Å². The highest BCUT2D eigenvalue weighted by atomic mass is 32.1. The van der Waals surface area contributed by atoms with Crippen LogP contribution in [0.1, 0.15) is 32.8 Å². The van der Waals surface area contributed by atoms with Gasteiger partial charge in [-0.05, 0) is 42.1 Å². The van der Waals surface area contributed by atoms with Crippen LogP contribution in [0.3, 0.4) is 0 Å². The van der Waals surface area contributed by atoms with Crippen molar-refractivity contribution >= 4 is 38.0 Å². The highest BCUT2D eigenvalue weighted by molar-refractivity contribution is 7.80. The van der Waals surface area contributed by atoms with Crippen LogP contribution < -0.4 is 5.73 Å². The molecule has 29 heavy (non-hydrogen) atoms. The van der Waals surface area contributed by atoms with Crippen LogP contribution in [0.25, 0.3) is 0 Å². The Morgan fingerprint density at radius 3 is 2.41 bits per heavy atom. The van der Waals surface area contributed by atoms with E-state index in [0.29, 0.717) is 18.5 Å². The zero-order valence-electron chi connectivity index (χ0n) is 17.5. The number of nitrogens with two attached hydrogens (primary N) is 1. The van der Waals surface area contributed by atoms with E-state index in [1.165, 1.54) is 17.0 Å². The van der Waals surface area contributed by atoms with E-state index in [4.69, 9.17) is 27.1 Å². The predicted octanol–water partition coefficient (Wildman–Crippen LogP) is 3.58. The molecule has 2 atom stereocenters. The van der Waals surface area contributed by atoms with Crippen molar-refractivity contribution in [1.29, 1.82) is 0 Å². The van der Waals surface area contributed by atoms with Crippen LogP contribution in [0.4, 0.5) is 10.5 Å². The topological polar surface area (TPSA) is 108 Å². The van der Waals surface area contributed by atoms with Crippen molar-refractivity contribution < 1.29 is 18.9 Å². The molecule has 1 amide bonds. The third kappa shape index (κ3) is 5.31. The van der Waals surface area contributed by atoms with Gasteiger partial charge in [0.2, 0.25) is 0 Å². The van der Waals surface area contributed by atoms with E-state index >= 15 is 0 Å². The number of rotatable bonds is 6. The summed E-state index contributed by atoms with van der Waals surface area (Å²) >= 11 is 5.34. The molecular formula is C19H29N3O5SSi. The van der Waals surface area contributed by atoms with Crippen LogP contribution in [0.5, 0.6) is 0 Å². The summed E-state index contributed by atoms with van der Waals surface area (Å²) in [6, 6.07) is 5.88. The summed E-state index contributed by atoms with van der Waals surface area (Å²) in [5.74, 6) is 0.142. The maximum Gasteiger partial charge on any atom is 0.412 e. The van der Waals surface area contributed by atoms with Gasteiger partial charge in [-0.3, -0.25) is 15.0 Å². The molecule has 0 aliphatic carbocycles. The van der Waals surface area contributed by atoms with Gasteiger partial charge in [-0.15, -0.1) is 0 Å². The molecule has 1 aromatic rings. The molecule has 1 saturated heterocycles. The molecule has 1 fully saturated rings. The van der Waals surface area contributed by atoms with E-state index in [0.717, 1.165) is 0 Å². The van der Waals surface area contributed by atoms with Gasteiger partial charge in [0.25, 0.3) is 5.69 Å². The van der Waals surface area contributed by atoms with Gasteiger partial charge in [0, 0.05) is 25.1 Å². The monoisotopic (exact) mass is 439 g/mol. The Morgan fingerprint density at radius 2 is 1.97 bits per heavy atom. The lowest BCUT2D eigenvalue weighted by Crippen LogP contribution is -2.58. The smallest absolute Gasteiger partial charge is 0.412 e. The molecule has 10 heteroatoms. The SMILES string of the molecule is C[SiH](C)O[C@]1(C(N)=S)C[C@H](C(C)(C)C)CN1C(=O)OCc1ccc([N+](=O)[O-])cc1. The van der Waals surface area contributed by atoms with Gasteiger partial charge in [-0.1, -0.05) is 33.0 Å². The minimum absolute atomic E-state index is 0.0139. The third-order valence-corrected chi connectivity index (χ3v) is 6.31. The molecule has 0 aromatic heterocycles. The molecule has 1 heterocycles. The van der Waals surface area contributed by atoms with Gasteiger partial charge in [0.1, 0.15) is 11.6 Å². The van der Waals surface area contributed by atoms with Gasteiger partial charge in [-0.25, -0.2) is 4.79 Å². The molecule has 0 unspecified atom stereocenters. The molecule has 160 valence electrons. The molecule has 0 radical (unpaired) electrons. The van der Waals surface area contributed by atoms with E-state index in [2.05, 4.69) is 20.8 Å². The van der Waals surface area contributed by atoms with Crippen LogP contribution in [0, 0.1) is 21.4 Å². The minimum atomic E-state index is -1.58. The number of carbonyl (C=O) groups excluding carboxylic acids is 1. The van der Waals surface area contributed by atoms with Crippen LogP contribution in [-0.2, 0) is 15.8 Å². The van der Waals surface area contributed by atoms with Crippen molar-refractivity contribution in [3.63, 3.8) is 0 Å². The summed E-state index contributed by atoms with van der Waals surface area (Å²) in [4.78, 5) is 24.9. The largest absolute Gasteiger partial charge is 0.444 e. The lowest BCUT2D eigenvalue weighted by molar-refractivity contribution is -0.384. The van der Waals surface area contributed by atoms with Crippen LogP contribution in [0.15, 0.2) is 24.3 Å². The standard InChI is InChI=1S/C19H29N3O5SSi/c1-18(2,3)14-10-19(16(20)28,27-29(4)5)21(11-14)17(23)26-12-13-6-8-15(9-7-13)22(24)25/h6-9,14,29H,10-12H2,1-5H3,(H2,20,28)/t14-,19-/m0/s1. The Morgan fingerprint density at radius 1 is 1.38 bits per heavy atom. The van der Waals surface area contributed by atoms with E-state index in [1.807, 2.05) is 13.1 Å². The first-order chi connectivity index (χ1) is 13.4. The normalized spacial score (nSPS) is 22.0. The van der Waals surface area contributed by atoms with Crippen molar-refractivity contribution in [2.75, 3.05) is 6.54 Å². The Kier molecular flexibility index (Phi) is 7.02. The second-order valence-corrected chi connectivity index (χ2v) is 11.4. The van der Waals surface area contributed by atoms with Gasteiger partial charge in [-0.2, -0.15) is 0 Å². The Bertz CT molecular complexity index is 781. The number of ether oxygens (including phenoxy) is 1. The number of benzene rings is 1. The molecule has 0 bridgehead atoms. The number of hydrogen-bond donors (Lipinski definition) is 1. The zero-order valence-corrected chi connectivity index (χ0v) is 19.5. The number of amides is 1. The number of non-ortho nitro benzene ring substituents is 1. The molecule has 0 spiro atoms. The lowest BCUT2D eigenvalue weighted by Gasteiger charge is -2.38. The number of carbonyl (C=O) groups is 1. The van der Waals surface area contributed by atoms with Gasteiger partial charge in [0.15, 0.2) is 14.8 Å². The fraction of sp³-hybridized carbons (Fsp3) is 0.579. The molecule has 0 saturated carbocycles. The first-order valence-corrected chi connectivity index (χ1v) is 12.7. The summed E-state index contributed by atoms with van der Waals surface area (Å²) in [5.41, 5.74) is 5.51. The quantitative estimate of drug-likeness (QED) is 0.312. The van der Waals surface area contributed by atoms with Crippen molar-refractivity contribution in [2.24, 2.45) is 17.1 Å². The number of hydrogen-bond acceptors (Lipinski definition) is 6. The summed E-state index contributed by atoms with van der Waals surface area (Å²) in [6.07, 6.45) is -0.0264. The number of nitro benzene ring substituents is 1. The second-order valence-electron chi connectivity index (χ2n) is 8.67. The first kappa shape index (κ1) is 23.2. The Balaban J connectivity index is 2.21. The van der Waals surface area contributed by atoms with E-state index in [-0.39, 0.29) is 28.6 Å². The molecule has 2 rings (SSSR count). The van der Waals surface area contributed by atoms with E-state index < -0.39 is 25.8 Å². The molecule has 1 aliphatic rings. The van der Waals surface area contributed by atoms with Gasteiger partial charge < -0.3 is 14.9 Å². The fourth-order valence-corrected chi connectivity index (χ4v) is 4.87. The zero-order chi connectivity index (χ0) is 22.0.